The van der Waals surface area contributed by atoms with Crippen LogP contribution in [0, 0.1) is 0 Å². The van der Waals surface area contributed by atoms with Gasteiger partial charge in [-0.25, -0.2) is 15.8 Å². The van der Waals surface area contributed by atoms with Crippen LogP contribution < -0.4 is 21.5 Å². The summed E-state index contributed by atoms with van der Waals surface area (Å²) in [6.07, 6.45) is 3.19. The fourth-order valence-electron chi connectivity index (χ4n) is 1.99. The Morgan fingerprint density at radius 3 is 2.70 bits per heavy atom. The van der Waals surface area contributed by atoms with Crippen molar-refractivity contribution >= 4 is 17.5 Å². The second-order valence-corrected chi connectivity index (χ2v) is 5.00. The number of rotatable bonds is 7. The summed E-state index contributed by atoms with van der Waals surface area (Å²) in [5, 5.41) is 2.86. The molecule has 0 bridgehead atoms. The molecule has 0 fully saturated rings. The quantitative estimate of drug-likeness (QED) is 0.502. The molecule has 0 spiro atoms. The first kappa shape index (κ1) is 16.2. The number of hydrazine groups is 1. The molecule has 0 aliphatic carbocycles. The maximum atomic E-state index is 11.8. The zero-order valence-corrected chi connectivity index (χ0v) is 12.6. The Hall–Kier alpha value is -1.89. The van der Waals surface area contributed by atoms with Gasteiger partial charge in [0.25, 0.3) is 0 Å². The van der Waals surface area contributed by atoms with Crippen LogP contribution in [0.15, 0.2) is 6.33 Å². The molecule has 0 radical (unpaired) electrons. The second-order valence-electron chi connectivity index (χ2n) is 5.00. The summed E-state index contributed by atoms with van der Waals surface area (Å²) in [6.45, 7) is 6.18. The van der Waals surface area contributed by atoms with Gasteiger partial charge in [0.05, 0.1) is 6.54 Å². The SMILES string of the molecule is CCCc1c(NN)ncnc1N(C)CC(=O)NC(C)C. The molecule has 0 aliphatic rings. The van der Waals surface area contributed by atoms with Gasteiger partial charge in [-0.15, -0.1) is 0 Å². The lowest BCUT2D eigenvalue weighted by Gasteiger charge is -2.22. The fraction of sp³-hybridized carbons (Fsp3) is 0.615. The number of nitrogen functional groups attached to an aromatic ring is 1. The van der Waals surface area contributed by atoms with E-state index in [2.05, 4.69) is 27.6 Å². The molecule has 0 saturated carbocycles. The largest absolute Gasteiger partial charge is 0.352 e. The highest BCUT2D eigenvalue weighted by Gasteiger charge is 2.16. The number of hydrogen-bond donors (Lipinski definition) is 3. The molecule has 0 unspecified atom stereocenters. The van der Waals surface area contributed by atoms with E-state index in [1.807, 2.05) is 25.8 Å². The Labute approximate surface area is 119 Å². The lowest BCUT2D eigenvalue weighted by Crippen LogP contribution is -2.39. The number of nitrogens with zero attached hydrogens (tertiary/aromatic N) is 3. The summed E-state index contributed by atoms with van der Waals surface area (Å²) in [6, 6.07) is 0.123. The Morgan fingerprint density at radius 1 is 1.45 bits per heavy atom. The summed E-state index contributed by atoms with van der Waals surface area (Å²) in [7, 11) is 1.84. The lowest BCUT2D eigenvalue weighted by atomic mass is 10.1. The van der Waals surface area contributed by atoms with Crippen LogP contribution in [0.3, 0.4) is 0 Å². The molecule has 0 aliphatic heterocycles. The minimum Gasteiger partial charge on any atom is -0.352 e. The third kappa shape index (κ3) is 4.34. The van der Waals surface area contributed by atoms with Crippen LogP contribution in [0.4, 0.5) is 11.6 Å². The molecule has 7 heteroatoms. The molecule has 1 aromatic rings. The molecule has 0 aromatic carbocycles. The van der Waals surface area contributed by atoms with Gasteiger partial charge in [0.1, 0.15) is 18.0 Å². The van der Waals surface area contributed by atoms with Crippen molar-refractivity contribution in [3.8, 4) is 0 Å². The molecule has 7 nitrogen and oxygen atoms in total. The third-order valence-electron chi connectivity index (χ3n) is 2.75. The zero-order chi connectivity index (χ0) is 15.1. The average Bonchev–Trinajstić information content (AvgIpc) is 2.38. The van der Waals surface area contributed by atoms with E-state index in [0.717, 1.165) is 24.2 Å². The van der Waals surface area contributed by atoms with E-state index in [1.165, 1.54) is 6.33 Å². The molecular weight excluding hydrogens is 256 g/mol. The van der Waals surface area contributed by atoms with Gasteiger partial charge in [-0.2, -0.15) is 0 Å². The monoisotopic (exact) mass is 280 g/mol. The van der Waals surface area contributed by atoms with Crippen molar-refractivity contribution in [2.75, 3.05) is 23.9 Å². The maximum absolute atomic E-state index is 11.8. The van der Waals surface area contributed by atoms with Crippen molar-refractivity contribution in [3.63, 3.8) is 0 Å². The van der Waals surface area contributed by atoms with Crippen molar-refractivity contribution < 1.29 is 4.79 Å². The summed E-state index contributed by atoms with van der Waals surface area (Å²) >= 11 is 0. The maximum Gasteiger partial charge on any atom is 0.239 e. The van der Waals surface area contributed by atoms with Gasteiger partial charge in [0.2, 0.25) is 5.91 Å². The van der Waals surface area contributed by atoms with Gasteiger partial charge in [0.15, 0.2) is 0 Å². The highest BCUT2D eigenvalue weighted by Crippen LogP contribution is 2.23. The number of likely N-dealkylation sites (N-methyl/N-ethyl adjacent to an activating group) is 1. The Balaban J connectivity index is 2.91. The van der Waals surface area contributed by atoms with E-state index < -0.39 is 0 Å². The first-order valence-electron chi connectivity index (χ1n) is 6.80. The molecule has 1 heterocycles. The second kappa shape index (κ2) is 7.64. The van der Waals surface area contributed by atoms with Gasteiger partial charge in [-0.1, -0.05) is 13.3 Å². The van der Waals surface area contributed by atoms with E-state index in [-0.39, 0.29) is 18.5 Å². The van der Waals surface area contributed by atoms with E-state index in [0.29, 0.717) is 5.82 Å². The van der Waals surface area contributed by atoms with Crippen LogP contribution in [-0.2, 0) is 11.2 Å². The van der Waals surface area contributed by atoms with Crippen LogP contribution in [0.25, 0.3) is 0 Å². The van der Waals surface area contributed by atoms with Crippen molar-refractivity contribution in [3.05, 3.63) is 11.9 Å². The van der Waals surface area contributed by atoms with Crippen LogP contribution in [-0.4, -0.2) is 35.5 Å². The Bertz CT molecular complexity index is 448. The smallest absolute Gasteiger partial charge is 0.239 e. The summed E-state index contributed by atoms with van der Waals surface area (Å²) < 4.78 is 0. The van der Waals surface area contributed by atoms with Crippen LogP contribution in [0.5, 0.6) is 0 Å². The summed E-state index contributed by atoms with van der Waals surface area (Å²) in [5.41, 5.74) is 3.51. The van der Waals surface area contributed by atoms with Crippen molar-refractivity contribution in [1.29, 1.82) is 0 Å². The summed E-state index contributed by atoms with van der Waals surface area (Å²) in [4.78, 5) is 22.0. The average molecular weight is 280 g/mol. The highest BCUT2D eigenvalue weighted by atomic mass is 16.2. The van der Waals surface area contributed by atoms with Crippen molar-refractivity contribution in [2.24, 2.45) is 5.84 Å². The number of carbonyl (C=O) groups excluding carboxylic acids is 1. The van der Waals surface area contributed by atoms with E-state index in [1.54, 1.807) is 0 Å². The minimum atomic E-state index is -0.0363. The topological polar surface area (TPSA) is 96.2 Å². The van der Waals surface area contributed by atoms with Gasteiger partial charge < -0.3 is 15.6 Å². The fourth-order valence-corrected chi connectivity index (χ4v) is 1.99. The standard InChI is InChI=1S/C13H24N6O/c1-5-6-10-12(18-14)15-8-16-13(10)19(4)7-11(20)17-9(2)3/h8-9H,5-7,14H2,1-4H3,(H,17,20)(H,15,16,18). The molecule has 20 heavy (non-hydrogen) atoms. The number of anilines is 2. The van der Waals surface area contributed by atoms with Crippen LogP contribution in [0.1, 0.15) is 32.8 Å². The predicted molar refractivity (Wildman–Crippen MR) is 80.4 cm³/mol. The van der Waals surface area contributed by atoms with E-state index >= 15 is 0 Å². The number of nitrogens with two attached hydrogens (primary N) is 1. The highest BCUT2D eigenvalue weighted by molar-refractivity contribution is 5.81. The van der Waals surface area contributed by atoms with Gasteiger partial charge in [-0.3, -0.25) is 4.79 Å². The first-order chi connectivity index (χ1) is 9.49. The number of aromatic nitrogens is 2. The number of amides is 1. The van der Waals surface area contributed by atoms with Crippen LogP contribution >= 0.6 is 0 Å². The number of hydrogen-bond acceptors (Lipinski definition) is 6. The zero-order valence-electron chi connectivity index (χ0n) is 12.6. The predicted octanol–water partition coefficient (Wildman–Crippen LogP) is 0.676. The Kier molecular flexibility index (Phi) is 6.17. The van der Waals surface area contributed by atoms with Gasteiger partial charge in [0, 0.05) is 18.7 Å². The van der Waals surface area contributed by atoms with Crippen molar-refractivity contribution in [1.82, 2.24) is 15.3 Å². The molecule has 1 amide bonds. The molecule has 1 aromatic heterocycles. The summed E-state index contributed by atoms with van der Waals surface area (Å²) in [5.74, 6) is 6.78. The van der Waals surface area contributed by atoms with Crippen molar-refractivity contribution in [2.45, 2.75) is 39.7 Å². The van der Waals surface area contributed by atoms with E-state index in [9.17, 15) is 4.79 Å². The molecule has 1 rings (SSSR count). The molecular formula is C13H24N6O. The molecule has 112 valence electrons. The third-order valence-corrected chi connectivity index (χ3v) is 2.75. The minimum absolute atomic E-state index is 0.0363. The van der Waals surface area contributed by atoms with Gasteiger partial charge >= 0.3 is 0 Å². The van der Waals surface area contributed by atoms with Crippen LogP contribution in [0.2, 0.25) is 0 Å². The molecule has 0 saturated heterocycles. The number of carbonyl (C=O) groups is 1. The number of nitrogens with one attached hydrogen (secondary N) is 2. The molecule has 4 N–H and O–H groups in total. The molecule has 0 atom stereocenters. The van der Waals surface area contributed by atoms with Gasteiger partial charge in [-0.05, 0) is 20.3 Å². The Morgan fingerprint density at radius 2 is 2.15 bits per heavy atom. The van der Waals surface area contributed by atoms with E-state index in [4.69, 9.17) is 5.84 Å². The first-order valence-corrected chi connectivity index (χ1v) is 6.80. The lowest BCUT2D eigenvalue weighted by molar-refractivity contribution is -0.120. The normalized spacial score (nSPS) is 10.5.